The fourth-order valence-electron chi connectivity index (χ4n) is 6.18. The van der Waals surface area contributed by atoms with Gasteiger partial charge in [-0.15, -0.1) is 0 Å². The molecule has 5 rings (SSSR count). The predicted octanol–water partition coefficient (Wildman–Crippen LogP) is 7.66. The number of anilines is 1. The van der Waals surface area contributed by atoms with Crippen LogP contribution in [0.5, 0.6) is 0 Å². The largest absolute Gasteiger partial charge is 0.352 e. The lowest BCUT2D eigenvalue weighted by atomic mass is 9.94. The number of nitrogens with one attached hydrogen (secondary N) is 1. The first-order chi connectivity index (χ1) is 23.0. The summed E-state index contributed by atoms with van der Waals surface area (Å²) in [5.74, 6) is -0.697. The van der Waals surface area contributed by atoms with Gasteiger partial charge in [0.15, 0.2) is 0 Å². The number of hydrogen-bond donors (Lipinski definition) is 1. The molecule has 1 saturated carbocycles. The summed E-state index contributed by atoms with van der Waals surface area (Å²) in [6.07, 6.45) is 5.34. The molecule has 1 fully saturated rings. The van der Waals surface area contributed by atoms with Gasteiger partial charge in [-0.1, -0.05) is 101 Å². The van der Waals surface area contributed by atoms with E-state index in [1.54, 1.807) is 41.3 Å². The number of hydrogen-bond acceptors (Lipinski definition) is 4. The van der Waals surface area contributed by atoms with Gasteiger partial charge in [0.1, 0.15) is 12.6 Å². The van der Waals surface area contributed by atoms with Crippen LogP contribution in [0.4, 0.5) is 5.69 Å². The second-order valence-corrected chi connectivity index (χ2v) is 15.6. The molecular formula is C39H44BrN3O4S. The van der Waals surface area contributed by atoms with Crippen LogP contribution >= 0.6 is 15.9 Å². The van der Waals surface area contributed by atoms with Gasteiger partial charge in [-0.2, -0.15) is 0 Å². The maximum absolute atomic E-state index is 14.8. The topological polar surface area (TPSA) is 86.8 Å². The fourth-order valence-corrected chi connectivity index (χ4v) is 8.03. The van der Waals surface area contributed by atoms with Crippen LogP contribution in [0.25, 0.3) is 0 Å². The van der Waals surface area contributed by atoms with Crippen LogP contribution in [-0.2, 0) is 32.6 Å². The average molecular weight is 731 g/mol. The molecule has 0 unspecified atom stereocenters. The van der Waals surface area contributed by atoms with E-state index in [1.165, 1.54) is 4.31 Å². The van der Waals surface area contributed by atoms with Gasteiger partial charge in [-0.05, 0) is 92.3 Å². The van der Waals surface area contributed by atoms with Crippen LogP contribution < -0.4 is 9.62 Å². The summed E-state index contributed by atoms with van der Waals surface area (Å²) in [5.41, 5.74) is 4.96. The summed E-state index contributed by atoms with van der Waals surface area (Å²) in [7, 11) is -4.16. The minimum atomic E-state index is -4.16. The van der Waals surface area contributed by atoms with E-state index in [4.69, 9.17) is 0 Å². The molecule has 1 aliphatic carbocycles. The van der Waals surface area contributed by atoms with E-state index in [1.807, 2.05) is 81.4 Å². The fraction of sp³-hybridized carbons (Fsp3) is 0.333. The number of carbonyl (C=O) groups is 2. The van der Waals surface area contributed by atoms with Crippen molar-refractivity contribution in [2.75, 3.05) is 10.8 Å². The molecule has 0 aliphatic heterocycles. The van der Waals surface area contributed by atoms with Crippen LogP contribution in [0.1, 0.15) is 59.9 Å². The van der Waals surface area contributed by atoms with Gasteiger partial charge in [0.2, 0.25) is 11.8 Å². The number of amides is 2. The zero-order valence-corrected chi connectivity index (χ0v) is 30.3. The molecule has 0 bridgehead atoms. The SMILES string of the molecule is Cc1ccc(S(=O)(=O)N(CC(=O)N(Cc2cccc(Br)c2)[C@H](Cc2ccccc2)C(=O)NC2CCCCC2)c2ccc(C)c(C)c2)cc1. The Morgan fingerprint density at radius 1 is 0.812 bits per heavy atom. The Morgan fingerprint density at radius 2 is 1.50 bits per heavy atom. The molecule has 252 valence electrons. The Bertz CT molecular complexity index is 1820. The molecule has 0 radical (unpaired) electrons. The van der Waals surface area contributed by atoms with Crippen molar-refractivity contribution in [2.24, 2.45) is 0 Å². The molecule has 0 saturated heterocycles. The molecule has 1 atom stereocenters. The maximum atomic E-state index is 14.8. The van der Waals surface area contributed by atoms with Gasteiger partial charge in [-0.25, -0.2) is 8.42 Å². The lowest BCUT2D eigenvalue weighted by molar-refractivity contribution is -0.140. The highest BCUT2D eigenvalue weighted by Crippen LogP contribution is 2.28. The standard InChI is InChI=1S/C39H44BrN3O4S/c1-28-17-21-36(22-18-28)48(46,47)43(35-20-19-29(2)30(3)23-35)27-38(44)42(26-32-13-10-14-33(40)24-32)37(25-31-11-6-4-7-12-31)39(45)41-34-15-8-5-9-16-34/h4,6-7,10-14,17-24,34,37H,5,8-9,15-16,25-27H2,1-3H3,(H,41,45)/t37-/m1/s1. The number of halogens is 1. The molecule has 4 aromatic rings. The Morgan fingerprint density at radius 3 is 2.17 bits per heavy atom. The van der Waals surface area contributed by atoms with Crippen molar-refractivity contribution >= 4 is 43.5 Å². The molecule has 2 amide bonds. The summed E-state index contributed by atoms with van der Waals surface area (Å²) in [5, 5.41) is 3.26. The van der Waals surface area contributed by atoms with E-state index in [0.717, 1.165) is 64.4 Å². The zero-order chi connectivity index (χ0) is 34.3. The van der Waals surface area contributed by atoms with E-state index >= 15 is 0 Å². The van der Waals surface area contributed by atoms with Crippen molar-refractivity contribution in [2.45, 2.75) is 82.8 Å². The van der Waals surface area contributed by atoms with Gasteiger partial charge >= 0.3 is 0 Å². The Hall–Kier alpha value is -3.95. The maximum Gasteiger partial charge on any atom is 0.264 e. The summed E-state index contributed by atoms with van der Waals surface area (Å²) in [6.45, 7) is 5.42. The Kier molecular flexibility index (Phi) is 11.8. The number of benzene rings is 4. The van der Waals surface area contributed by atoms with E-state index in [9.17, 15) is 18.0 Å². The summed E-state index contributed by atoms with van der Waals surface area (Å²) in [6, 6.07) is 28.5. The van der Waals surface area contributed by atoms with Crippen LogP contribution in [0, 0.1) is 20.8 Å². The third kappa shape index (κ3) is 8.94. The second-order valence-electron chi connectivity index (χ2n) is 12.8. The monoisotopic (exact) mass is 729 g/mol. The zero-order valence-electron chi connectivity index (χ0n) is 27.9. The van der Waals surface area contributed by atoms with Crippen LogP contribution in [0.2, 0.25) is 0 Å². The minimum Gasteiger partial charge on any atom is -0.352 e. The van der Waals surface area contributed by atoms with Gasteiger partial charge in [0.25, 0.3) is 10.0 Å². The molecule has 0 aromatic heterocycles. The number of rotatable bonds is 12. The number of aryl methyl sites for hydroxylation is 3. The minimum absolute atomic E-state index is 0.0429. The van der Waals surface area contributed by atoms with Crippen molar-refractivity contribution in [1.29, 1.82) is 0 Å². The Labute approximate surface area is 293 Å². The first-order valence-corrected chi connectivity index (χ1v) is 18.8. The molecular weight excluding hydrogens is 686 g/mol. The smallest absolute Gasteiger partial charge is 0.264 e. The number of carbonyl (C=O) groups excluding carboxylic acids is 2. The lowest BCUT2D eigenvalue weighted by Gasteiger charge is -2.35. The van der Waals surface area contributed by atoms with Crippen molar-refractivity contribution in [3.8, 4) is 0 Å². The normalized spacial score (nSPS) is 14.2. The highest BCUT2D eigenvalue weighted by molar-refractivity contribution is 9.10. The lowest BCUT2D eigenvalue weighted by Crippen LogP contribution is -2.55. The van der Waals surface area contributed by atoms with Crippen molar-refractivity contribution in [1.82, 2.24) is 10.2 Å². The molecule has 7 nitrogen and oxygen atoms in total. The molecule has 4 aromatic carbocycles. The first kappa shape index (κ1) is 35.4. The predicted molar refractivity (Wildman–Crippen MR) is 195 cm³/mol. The van der Waals surface area contributed by atoms with Gasteiger partial charge in [0, 0.05) is 23.5 Å². The van der Waals surface area contributed by atoms with Crippen LogP contribution in [0.3, 0.4) is 0 Å². The molecule has 9 heteroatoms. The van der Waals surface area contributed by atoms with Gasteiger partial charge in [-0.3, -0.25) is 13.9 Å². The molecule has 0 heterocycles. The van der Waals surface area contributed by atoms with Crippen molar-refractivity contribution in [3.05, 3.63) is 129 Å². The van der Waals surface area contributed by atoms with E-state index in [0.29, 0.717) is 5.69 Å². The summed E-state index contributed by atoms with van der Waals surface area (Å²) < 4.78 is 30.7. The first-order valence-electron chi connectivity index (χ1n) is 16.6. The number of sulfonamides is 1. The average Bonchev–Trinajstić information content (AvgIpc) is 3.07. The molecule has 1 aliphatic rings. The van der Waals surface area contributed by atoms with Crippen LogP contribution in [0.15, 0.2) is 106 Å². The van der Waals surface area contributed by atoms with Crippen molar-refractivity contribution < 1.29 is 18.0 Å². The quantitative estimate of drug-likeness (QED) is 0.162. The third-order valence-electron chi connectivity index (χ3n) is 9.13. The Balaban J connectivity index is 1.58. The summed E-state index contributed by atoms with van der Waals surface area (Å²) >= 11 is 3.54. The summed E-state index contributed by atoms with van der Waals surface area (Å²) in [4.78, 5) is 30.7. The van der Waals surface area contributed by atoms with Gasteiger partial charge < -0.3 is 10.2 Å². The second kappa shape index (κ2) is 16.0. The molecule has 48 heavy (non-hydrogen) atoms. The number of nitrogens with zero attached hydrogens (tertiary/aromatic N) is 2. The van der Waals surface area contributed by atoms with E-state index in [2.05, 4.69) is 21.2 Å². The van der Waals surface area contributed by atoms with Gasteiger partial charge in [0.05, 0.1) is 10.6 Å². The molecule has 0 spiro atoms. The molecule has 1 N–H and O–H groups in total. The third-order valence-corrected chi connectivity index (χ3v) is 11.4. The van der Waals surface area contributed by atoms with Crippen molar-refractivity contribution in [3.63, 3.8) is 0 Å². The highest BCUT2D eigenvalue weighted by Gasteiger charge is 2.35. The van der Waals surface area contributed by atoms with E-state index in [-0.39, 0.29) is 29.8 Å². The van der Waals surface area contributed by atoms with Crippen LogP contribution in [-0.4, -0.2) is 43.8 Å². The van der Waals surface area contributed by atoms with E-state index < -0.39 is 28.5 Å². The highest BCUT2D eigenvalue weighted by atomic mass is 79.9.